The summed E-state index contributed by atoms with van der Waals surface area (Å²) in [5, 5.41) is 2.63. The SMILES string of the molecule is CCCCOC(=O)N[C@H](C(=O)OCC)C(C)C(C)(C)C. The molecule has 1 unspecified atom stereocenters. The number of hydrogen-bond donors (Lipinski definition) is 1. The summed E-state index contributed by atoms with van der Waals surface area (Å²) in [7, 11) is 0. The molecule has 1 amide bonds. The van der Waals surface area contributed by atoms with Gasteiger partial charge >= 0.3 is 12.1 Å². The second-order valence-corrected chi connectivity index (χ2v) is 6.02. The van der Waals surface area contributed by atoms with E-state index in [1.54, 1.807) is 6.92 Å². The number of alkyl carbamates (subject to hydrolysis) is 1. The van der Waals surface area contributed by atoms with Gasteiger partial charge < -0.3 is 14.8 Å². The van der Waals surface area contributed by atoms with Crippen molar-refractivity contribution >= 4 is 12.1 Å². The van der Waals surface area contributed by atoms with Crippen LogP contribution in [0.1, 0.15) is 54.4 Å². The fourth-order valence-electron chi connectivity index (χ4n) is 1.60. The molecule has 5 heteroatoms. The normalized spacial score (nSPS) is 14.3. The van der Waals surface area contributed by atoms with E-state index in [9.17, 15) is 9.59 Å². The monoisotopic (exact) mass is 287 g/mol. The average Bonchev–Trinajstić information content (AvgIpc) is 2.34. The number of amides is 1. The Morgan fingerprint density at radius 3 is 2.20 bits per heavy atom. The molecule has 0 heterocycles. The Morgan fingerprint density at radius 2 is 1.75 bits per heavy atom. The first-order valence-corrected chi connectivity index (χ1v) is 7.33. The van der Waals surface area contributed by atoms with Gasteiger partial charge in [-0.25, -0.2) is 9.59 Å². The first-order chi connectivity index (χ1) is 9.23. The molecule has 0 aromatic carbocycles. The predicted octanol–water partition coefficient (Wildman–Crippen LogP) is 3.13. The Morgan fingerprint density at radius 1 is 1.15 bits per heavy atom. The molecule has 0 saturated heterocycles. The number of unbranched alkanes of at least 4 members (excludes halogenated alkanes) is 1. The van der Waals surface area contributed by atoms with Gasteiger partial charge in [-0.05, 0) is 24.7 Å². The molecule has 0 radical (unpaired) electrons. The lowest BCUT2D eigenvalue weighted by atomic mass is 9.77. The topological polar surface area (TPSA) is 64.6 Å². The number of carbonyl (C=O) groups excluding carboxylic acids is 2. The van der Waals surface area contributed by atoms with Gasteiger partial charge in [0.1, 0.15) is 6.04 Å². The number of carbonyl (C=O) groups is 2. The molecule has 0 spiro atoms. The van der Waals surface area contributed by atoms with Gasteiger partial charge in [-0.2, -0.15) is 0 Å². The maximum Gasteiger partial charge on any atom is 0.407 e. The summed E-state index contributed by atoms with van der Waals surface area (Å²) in [6, 6.07) is -0.691. The van der Waals surface area contributed by atoms with Crippen LogP contribution >= 0.6 is 0 Å². The van der Waals surface area contributed by atoms with Gasteiger partial charge in [0.25, 0.3) is 0 Å². The van der Waals surface area contributed by atoms with Crippen LogP contribution in [0.5, 0.6) is 0 Å². The summed E-state index contributed by atoms with van der Waals surface area (Å²) in [6.07, 6.45) is 1.20. The summed E-state index contributed by atoms with van der Waals surface area (Å²) >= 11 is 0. The standard InChI is InChI=1S/C15H29NO4/c1-7-9-10-20-14(18)16-12(13(17)19-8-2)11(3)15(4,5)6/h11-12H,7-10H2,1-6H3,(H,16,18)/t11?,12-/m0/s1. The Labute approximate surface area is 122 Å². The van der Waals surface area contributed by atoms with E-state index in [-0.39, 0.29) is 11.3 Å². The molecule has 0 rings (SSSR count). The van der Waals surface area contributed by atoms with Crippen molar-refractivity contribution in [1.82, 2.24) is 5.32 Å². The Bertz CT molecular complexity index is 309. The molecule has 0 aliphatic rings. The molecule has 0 aliphatic heterocycles. The number of esters is 1. The zero-order chi connectivity index (χ0) is 15.8. The molecule has 1 N–H and O–H groups in total. The summed E-state index contributed by atoms with van der Waals surface area (Å²) in [6.45, 7) is 12.4. The zero-order valence-corrected chi connectivity index (χ0v) is 13.6. The average molecular weight is 287 g/mol. The molecular weight excluding hydrogens is 258 g/mol. The van der Waals surface area contributed by atoms with Crippen LogP contribution in [0.25, 0.3) is 0 Å². The van der Waals surface area contributed by atoms with Crippen LogP contribution in [-0.4, -0.2) is 31.3 Å². The van der Waals surface area contributed by atoms with Crippen LogP contribution in [0.2, 0.25) is 0 Å². The third-order valence-electron chi connectivity index (χ3n) is 3.41. The van der Waals surface area contributed by atoms with Crippen LogP contribution in [0.3, 0.4) is 0 Å². The molecule has 0 fully saturated rings. The van der Waals surface area contributed by atoms with Gasteiger partial charge in [-0.3, -0.25) is 0 Å². The van der Waals surface area contributed by atoms with E-state index in [4.69, 9.17) is 9.47 Å². The fourth-order valence-corrected chi connectivity index (χ4v) is 1.60. The first-order valence-electron chi connectivity index (χ1n) is 7.33. The minimum absolute atomic E-state index is 0.0692. The molecule has 5 nitrogen and oxygen atoms in total. The summed E-state index contributed by atoms with van der Waals surface area (Å²) in [5.74, 6) is -0.484. The van der Waals surface area contributed by atoms with E-state index in [1.807, 2.05) is 34.6 Å². The number of rotatable bonds is 7. The highest BCUT2D eigenvalue weighted by Gasteiger charge is 2.35. The van der Waals surface area contributed by atoms with Crippen molar-refractivity contribution in [2.75, 3.05) is 13.2 Å². The summed E-state index contributed by atoms with van der Waals surface area (Å²) in [5.41, 5.74) is -0.131. The molecule has 0 bridgehead atoms. The molecule has 0 aliphatic carbocycles. The van der Waals surface area contributed by atoms with Crippen molar-refractivity contribution in [2.24, 2.45) is 11.3 Å². The summed E-state index contributed by atoms with van der Waals surface area (Å²) in [4.78, 5) is 23.7. The second-order valence-electron chi connectivity index (χ2n) is 6.02. The van der Waals surface area contributed by atoms with Gasteiger partial charge in [0.05, 0.1) is 13.2 Å². The lowest BCUT2D eigenvalue weighted by Crippen LogP contribution is -2.49. The Hall–Kier alpha value is -1.26. The molecule has 2 atom stereocenters. The molecule has 0 aromatic heterocycles. The molecule has 0 aromatic rings. The van der Waals surface area contributed by atoms with Crippen molar-refractivity contribution in [3.63, 3.8) is 0 Å². The maximum atomic E-state index is 12.0. The van der Waals surface area contributed by atoms with Crippen LogP contribution < -0.4 is 5.32 Å². The van der Waals surface area contributed by atoms with E-state index < -0.39 is 18.1 Å². The van der Waals surface area contributed by atoms with Gasteiger partial charge in [0.15, 0.2) is 0 Å². The quantitative estimate of drug-likeness (QED) is 0.577. The third-order valence-corrected chi connectivity index (χ3v) is 3.41. The number of nitrogens with one attached hydrogen (secondary N) is 1. The van der Waals surface area contributed by atoms with Gasteiger partial charge in [0, 0.05) is 0 Å². The van der Waals surface area contributed by atoms with E-state index in [0.29, 0.717) is 13.2 Å². The lowest BCUT2D eigenvalue weighted by Gasteiger charge is -2.33. The van der Waals surface area contributed by atoms with E-state index in [1.165, 1.54) is 0 Å². The highest BCUT2D eigenvalue weighted by Crippen LogP contribution is 2.28. The van der Waals surface area contributed by atoms with Gasteiger partial charge in [0.2, 0.25) is 0 Å². The van der Waals surface area contributed by atoms with Crippen LogP contribution in [-0.2, 0) is 14.3 Å². The van der Waals surface area contributed by atoms with Crippen molar-refractivity contribution in [3.8, 4) is 0 Å². The van der Waals surface area contributed by atoms with Gasteiger partial charge in [-0.15, -0.1) is 0 Å². The van der Waals surface area contributed by atoms with Crippen LogP contribution in [0.15, 0.2) is 0 Å². The Kier molecular flexibility index (Phi) is 8.26. The first kappa shape index (κ1) is 18.7. The minimum atomic E-state index is -0.691. The second kappa shape index (κ2) is 8.82. The highest BCUT2D eigenvalue weighted by atomic mass is 16.6. The van der Waals surface area contributed by atoms with Crippen LogP contribution in [0.4, 0.5) is 4.79 Å². The number of ether oxygens (including phenoxy) is 2. The van der Waals surface area contributed by atoms with E-state index in [2.05, 4.69) is 5.32 Å². The smallest absolute Gasteiger partial charge is 0.407 e. The van der Waals surface area contributed by atoms with E-state index in [0.717, 1.165) is 12.8 Å². The predicted molar refractivity (Wildman–Crippen MR) is 78.4 cm³/mol. The maximum absolute atomic E-state index is 12.0. The number of hydrogen-bond acceptors (Lipinski definition) is 4. The van der Waals surface area contributed by atoms with E-state index >= 15 is 0 Å². The van der Waals surface area contributed by atoms with Crippen molar-refractivity contribution in [2.45, 2.75) is 60.4 Å². The van der Waals surface area contributed by atoms with Crippen LogP contribution in [0, 0.1) is 11.3 Å². The Balaban J connectivity index is 4.69. The lowest BCUT2D eigenvalue weighted by molar-refractivity contribution is -0.148. The molecule has 118 valence electrons. The molecular formula is C15H29NO4. The van der Waals surface area contributed by atoms with Crippen molar-refractivity contribution in [1.29, 1.82) is 0 Å². The molecule has 20 heavy (non-hydrogen) atoms. The highest BCUT2D eigenvalue weighted by molar-refractivity contribution is 5.81. The van der Waals surface area contributed by atoms with Gasteiger partial charge in [-0.1, -0.05) is 41.0 Å². The zero-order valence-electron chi connectivity index (χ0n) is 13.6. The third kappa shape index (κ3) is 6.78. The van der Waals surface area contributed by atoms with Crippen molar-refractivity contribution in [3.05, 3.63) is 0 Å². The fraction of sp³-hybridized carbons (Fsp3) is 0.867. The largest absolute Gasteiger partial charge is 0.464 e. The minimum Gasteiger partial charge on any atom is -0.464 e. The van der Waals surface area contributed by atoms with Crippen molar-refractivity contribution < 1.29 is 19.1 Å². The molecule has 0 saturated carbocycles. The summed E-state index contributed by atoms with van der Waals surface area (Å²) < 4.78 is 10.1.